The van der Waals surface area contributed by atoms with Crippen molar-refractivity contribution in [3.05, 3.63) is 64.7 Å². The van der Waals surface area contributed by atoms with Crippen molar-refractivity contribution in [2.75, 3.05) is 6.61 Å². The van der Waals surface area contributed by atoms with Crippen molar-refractivity contribution in [3.63, 3.8) is 0 Å². The minimum absolute atomic E-state index is 0.0248. The van der Waals surface area contributed by atoms with Crippen LogP contribution in [-0.4, -0.2) is 95.3 Å². The minimum atomic E-state index is -1.75. The molecule has 0 spiro atoms. The average Bonchev–Trinajstić information content (AvgIpc) is 2.99. The van der Waals surface area contributed by atoms with Crippen LogP contribution < -0.4 is 9.47 Å². The lowest BCUT2D eigenvalue weighted by molar-refractivity contribution is -0.317. The van der Waals surface area contributed by atoms with Crippen LogP contribution in [0.25, 0.3) is 0 Å². The molecule has 0 unspecified atom stereocenters. The Morgan fingerprint density at radius 1 is 0.773 bits per heavy atom. The maximum Gasteiger partial charge on any atom is 0.312 e. The van der Waals surface area contributed by atoms with Gasteiger partial charge in [0, 0.05) is 29.5 Å². The lowest BCUT2D eigenvalue weighted by atomic mass is 9.82. The number of benzene rings is 3. The van der Waals surface area contributed by atoms with E-state index in [1.165, 1.54) is 42.5 Å². The standard InChI is InChI=1S/C30H30O14/c31-10-22-25(38)26(39)27(40)30(43-22)42-21-7-14-20(41-28(21)12-2-4-16(33)18(35)6-12)9-19(36)24-13(8-23(37)44-29(14)24)11-1-3-15(32)17(34)5-11/h1-6,9,13,21-22,25-28,30-36,38-40H,7-8,10H2/t13-,21+,22+,25+,26-,27+,28-,30+/m0/s1. The first kappa shape index (κ1) is 29.7. The summed E-state index contributed by atoms with van der Waals surface area (Å²) in [4.78, 5) is 12.8. The van der Waals surface area contributed by atoms with E-state index >= 15 is 0 Å². The van der Waals surface area contributed by atoms with E-state index in [0.29, 0.717) is 11.1 Å². The number of ether oxygens (including phenoxy) is 4. The molecule has 0 saturated carbocycles. The number of aliphatic hydroxyl groups is 4. The molecule has 3 heterocycles. The molecule has 3 aromatic carbocycles. The van der Waals surface area contributed by atoms with Crippen LogP contribution in [0, 0.1) is 0 Å². The van der Waals surface area contributed by atoms with Crippen molar-refractivity contribution < 1.29 is 69.7 Å². The van der Waals surface area contributed by atoms with Crippen molar-refractivity contribution >= 4 is 5.97 Å². The fraction of sp³-hybridized carbons (Fsp3) is 0.367. The summed E-state index contributed by atoms with van der Waals surface area (Å²) in [6, 6.07) is 9.23. The molecule has 0 aromatic heterocycles. The lowest BCUT2D eigenvalue weighted by Gasteiger charge is -2.43. The first-order chi connectivity index (χ1) is 21.0. The predicted octanol–water partition coefficient (Wildman–Crippen LogP) is 0.517. The number of hydrogen-bond acceptors (Lipinski definition) is 14. The Balaban J connectivity index is 1.43. The van der Waals surface area contributed by atoms with Gasteiger partial charge in [-0.3, -0.25) is 4.79 Å². The molecule has 0 bridgehead atoms. The zero-order chi connectivity index (χ0) is 31.4. The van der Waals surface area contributed by atoms with E-state index in [0.717, 1.165) is 0 Å². The van der Waals surface area contributed by atoms with Crippen LogP contribution in [0.4, 0.5) is 0 Å². The number of carbonyl (C=O) groups is 1. The Labute approximate surface area is 249 Å². The number of fused-ring (bicyclic) bond motifs is 3. The van der Waals surface area contributed by atoms with Gasteiger partial charge in [-0.25, -0.2) is 0 Å². The summed E-state index contributed by atoms with van der Waals surface area (Å²) in [6.07, 6.45) is -10.4. The molecule has 3 aliphatic heterocycles. The summed E-state index contributed by atoms with van der Waals surface area (Å²) in [7, 11) is 0. The predicted molar refractivity (Wildman–Crippen MR) is 145 cm³/mol. The third kappa shape index (κ3) is 5.11. The van der Waals surface area contributed by atoms with Gasteiger partial charge in [0.05, 0.1) is 13.0 Å². The third-order valence-corrected chi connectivity index (χ3v) is 8.18. The molecule has 3 aliphatic rings. The number of rotatable bonds is 5. The maximum atomic E-state index is 12.8. The molecule has 0 aliphatic carbocycles. The van der Waals surface area contributed by atoms with Gasteiger partial charge >= 0.3 is 5.97 Å². The summed E-state index contributed by atoms with van der Waals surface area (Å²) in [5.74, 6) is -3.31. The number of phenols is 5. The Hall–Kier alpha value is -4.31. The van der Waals surface area contributed by atoms with Crippen molar-refractivity contribution in [3.8, 4) is 40.2 Å². The number of carbonyl (C=O) groups excluding carboxylic acids is 1. The van der Waals surface area contributed by atoms with E-state index < -0.39 is 78.7 Å². The topological polar surface area (TPSA) is 236 Å². The number of aliphatic hydroxyl groups excluding tert-OH is 4. The summed E-state index contributed by atoms with van der Waals surface area (Å²) in [5.41, 5.74) is 1.21. The second kappa shape index (κ2) is 11.3. The first-order valence-electron chi connectivity index (χ1n) is 13.7. The minimum Gasteiger partial charge on any atom is -0.507 e. The molecule has 14 nitrogen and oxygen atoms in total. The highest BCUT2D eigenvalue weighted by molar-refractivity contribution is 5.80. The Kier molecular flexibility index (Phi) is 7.65. The van der Waals surface area contributed by atoms with Crippen LogP contribution in [0.3, 0.4) is 0 Å². The largest absolute Gasteiger partial charge is 0.507 e. The van der Waals surface area contributed by atoms with Gasteiger partial charge in [-0.05, 0) is 35.4 Å². The summed E-state index contributed by atoms with van der Waals surface area (Å²) in [6.45, 7) is -0.693. The Bertz CT molecular complexity index is 1590. The molecule has 1 fully saturated rings. The van der Waals surface area contributed by atoms with E-state index in [9.17, 15) is 50.8 Å². The molecule has 8 atom stereocenters. The molecule has 3 aromatic rings. The average molecular weight is 615 g/mol. The number of aromatic hydroxyl groups is 5. The van der Waals surface area contributed by atoms with Gasteiger partial charge in [-0.15, -0.1) is 0 Å². The second-order valence-corrected chi connectivity index (χ2v) is 11.0. The van der Waals surface area contributed by atoms with Gasteiger partial charge in [0.25, 0.3) is 0 Å². The number of esters is 1. The van der Waals surface area contributed by atoms with Crippen molar-refractivity contribution in [1.82, 2.24) is 0 Å². The molecule has 14 heteroatoms. The van der Waals surface area contributed by atoms with Crippen LogP contribution in [0.2, 0.25) is 0 Å². The van der Waals surface area contributed by atoms with Crippen LogP contribution in [0.5, 0.6) is 40.2 Å². The SMILES string of the molecule is O=C1C[C@@H](c2ccc(O)c(O)c2)c2c(O)cc3c(c2O1)C[C@@H](O[C@@H]1O[C@H](CO)[C@@H](O)[C@H](O)[C@H]1O)[C@H](c1ccc(O)c(O)c1)O3. The quantitative estimate of drug-likeness (QED) is 0.108. The van der Waals surface area contributed by atoms with E-state index in [1.807, 2.05) is 0 Å². The normalized spacial score (nSPS) is 29.7. The number of hydrogen-bond donors (Lipinski definition) is 9. The maximum absolute atomic E-state index is 12.8. The van der Waals surface area contributed by atoms with Crippen molar-refractivity contribution in [2.24, 2.45) is 0 Å². The van der Waals surface area contributed by atoms with Gasteiger partial charge in [-0.2, -0.15) is 0 Å². The molecule has 0 amide bonds. The molecule has 44 heavy (non-hydrogen) atoms. The van der Waals surface area contributed by atoms with Gasteiger partial charge in [0.1, 0.15) is 47.8 Å². The summed E-state index contributed by atoms with van der Waals surface area (Å²) in [5, 5.41) is 91.8. The highest BCUT2D eigenvalue weighted by Crippen LogP contribution is 2.53. The van der Waals surface area contributed by atoms with Crippen molar-refractivity contribution in [1.29, 1.82) is 0 Å². The molecular formula is C30H30O14. The smallest absolute Gasteiger partial charge is 0.312 e. The van der Waals surface area contributed by atoms with Gasteiger partial charge in [0.2, 0.25) is 0 Å². The first-order valence-corrected chi connectivity index (χ1v) is 13.7. The lowest BCUT2D eigenvalue weighted by Crippen LogP contribution is -2.60. The van der Waals surface area contributed by atoms with Crippen molar-refractivity contribution in [2.45, 2.75) is 61.7 Å². The fourth-order valence-corrected chi connectivity index (χ4v) is 5.89. The Morgan fingerprint density at radius 2 is 1.43 bits per heavy atom. The van der Waals surface area contributed by atoms with Gasteiger partial charge in [0.15, 0.2) is 35.4 Å². The summed E-state index contributed by atoms with van der Waals surface area (Å²) >= 11 is 0. The molecule has 0 radical (unpaired) electrons. The van der Waals surface area contributed by atoms with E-state index in [2.05, 4.69) is 0 Å². The summed E-state index contributed by atoms with van der Waals surface area (Å²) < 4.78 is 23.5. The number of phenolic OH excluding ortho intramolecular Hbond substituents is 5. The second-order valence-electron chi connectivity index (χ2n) is 11.0. The molecular weight excluding hydrogens is 584 g/mol. The van der Waals surface area contributed by atoms with Gasteiger partial charge < -0.3 is 64.9 Å². The van der Waals surface area contributed by atoms with Gasteiger partial charge in [-0.1, -0.05) is 12.1 Å². The zero-order valence-corrected chi connectivity index (χ0v) is 22.8. The van der Waals surface area contributed by atoms with E-state index in [-0.39, 0.29) is 47.0 Å². The molecule has 9 N–H and O–H groups in total. The fourth-order valence-electron chi connectivity index (χ4n) is 5.89. The van der Waals surface area contributed by atoms with Crippen LogP contribution in [-0.2, 0) is 20.7 Å². The third-order valence-electron chi connectivity index (χ3n) is 8.18. The van der Waals surface area contributed by atoms with Crippen LogP contribution in [0.1, 0.15) is 40.7 Å². The van der Waals surface area contributed by atoms with Crippen LogP contribution in [0.15, 0.2) is 42.5 Å². The van der Waals surface area contributed by atoms with E-state index in [4.69, 9.17) is 18.9 Å². The molecule has 234 valence electrons. The van der Waals surface area contributed by atoms with Crippen LogP contribution >= 0.6 is 0 Å². The monoisotopic (exact) mass is 614 g/mol. The molecule has 6 rings (SSSR count). The highest BCUT2D eigenvalue weighted by atomic mass is 16.7. The van der Waals surface area contributed by atoms with E-state index in [1.54, 1.807) is 0 Å². The highest BCUT2D eigenvalue weighted by Gasteiger charge is 2.47. The Morgan fingerprint density at radius 3 is 2.09 bits per heavy atom. The molecule has 1 saturated heterocycles. The zero-order valence-electron chi connectivity index (χ0n) is 22.8.